The number of aromatic nitrogens is 3. The van der Waals surface area contributed by atoms with Gasteiger partial charge in [-0.05, 0) is 35.0 Å². The molecule has 0 bridgehead atoms. The molecule has 1 heterocycles. The molecule has 0 aromatic carbocycles. The maximum absolute atomic E-state index is 12.7. The molecule has 0 saturated heterocycles. The summed E-state index contributed by atoms with van der Waals surface area (Å²) >= 11 is 12.6. The maximum Gasteiger partial charge on any atom is 0.336 e. The minimum absolute atomic E-state index is 0.0442. The predicted octanol–water partition coefficient (Wildman–Crippen LogP) is 0.869. The molecule has 1 aromatic heterocycles. The normalized spacial score (nSPS) is 15.2. The van der Waals surface area contributed by atoms with Crippen molar-refractivity contribution in [2.75, 3.05) is 17.3 Å². The van der Waals surface area contributed by atoms with Crippen molar-refractivity contribution in [1.82, 2.24) is 13.7 Å². The van der Waals surface area contributed by atoms with E-state index in [1.54, 1.807) is 0 Å². The zero-order chi connectivity index (χ0) is 18.4. The fraction of sp³-hybridized carbons (Fsp3) is 0.800. The summed E-state index contributed by atoms with van der Waals surface area (Å²) in [5, 5.41) is 0. The van der Waals surface area contributed by atoms with E-state index in [1.807, 2.05) is 20.8 Å². The van der Waals surface area contributed by atoms with Gasteiger partial charge in [-0.2, -0.15) is 37.9 Å². The second-order valence-corrected chi connectivity index (χ2v) is 7.64. The third-order valence-corrected chi connectivity index (χ3v) is 5.67. The smallest absolute Gasteiger partial charge is 0.247 e. The SMILES string of the molecule is CC(CS)Cn1c(=O)n(CC(C)CS)c(=O)n(CC(C)CS)c1=O. The first kappa shape index (κ1) is 21.5. The van der Waals surface area contributed by atoms with Crippen LogP contribution in [0, 0.1) is 17.8 Å². The van der Waals surface area contributed by atoms with Gasteiger partial charge in [-0.25, -0.2) is 28.1 Å². The molecule has 0 aliphatic carbocycles. The van der Waals surface area contributed by atoms with E-state index in [-0.39, 0.29) is 37.4 Å². The quantitative estimate of drug-likeness (QED) is 0.546. The van der Waals surface area contributed by atoms with Crippen molar-refractivity contribution < 1.29 is 0 Å². The monoisotopic (exact) mass is 393 g/mol. The fourth-order valence-electron chi connectivity index (χ4n) is 2.26. The highest BCUT2D eigenvalue weighted by molar-refractivity contribution is 7.80. The summed E-state index contributed by atoms with van der Waals surface area (Å²) in [7, 11) is 0. The predicted molar refractivity (Wildman–Crippen MR) is 108 cm³/mol. The van der Waals surface area contributed by atoms with Crippen LogP contribution in [0.3, 0.4) is 0 Å². The molecule has 0 N–H and O–H groups in total. The lowest BCUT2D eigenvalue weighted by Crippen LogP contribution is -2.56. The Labute approximate surface area is 158 Å². The van der Waals surface area contributed by atoms with Gasteiger partial charge >= 0.3 is 17.1 Å². The van der Waals surface area contributed by atoms with Crippen molar-refractivity contribution in [2.45, 2.75) is 40.4 Å². The zero-order valence-electron chi connectivity index (χ0n) is 14.4. The Hall–Kier alpha value is -0.540. The Bertz CT molecular complexity index is 585. The largest absolute Gasteiger partial charge is 0.336 e. The van der Waals surface area contributed by atoms with Crippen LogP contribution in [0.5, 0.6) is 0 Å². The number of rotatable bonds is 9. The van der Waals surface area contributed by atoms with E-state index >= 15 is 0 Å². The summed E-state index contributed by atoms with van der Waals surface area (Å²) in [6.07, 6.45) is 0. The third kappa shape index (κ3) is 5.23. The lowest BCUT2D eigenvalue weighted by atomic mass is 10.2. The van der Waals surface area contributed by atoms with Crippen LogP contribution in [0.15, 0.2) is 14.4 Å². The second kappa shape index (κ2) is 9.82. The van der Waals surface area contributed by atoms with Gasteiger partial charge in [0.2, 0.25) is 0 Å². The lowest BCUT2D eigenvalue weighted by Gasteiger charge is -2.18. The molecule has 3 unspecified atom stereocenters. The van der Waals surface area contributed by atoms with Crippen molar-refractivity contribution in [3.05, 3.63) is 31.5 Å². The molecule has 138 valence electrons. The van der Waals surface area contributed by atoms with E-state index in [0.29, 0.717) is 17.3 Å². The molecular formula is C15H27N3O3S3. The van der Waals surface area contributed by atoms with Crippen molar-refractivity contribution in [1.29, 1.82) is 0 Å². The topological polar surface area (TPSA) is 66.0 Å². The molecule has 9 heteroatoms. The van der Waals surface area contributed by atoms with Gasteiger partial charge in [0.15, 0.2) is 0 Å². The number of thiol groups is 3. The highest BCUT2D eigenvalue weighted by Crippen LogP contribution is 2.02. The molecule has 0 saturated carbocycles. The minimum Gasteiger partial charge on any atom is -0.247 e. The lowest BCUT2D eigenvalue weighted by molar-refractivity contribution is 0.371. The minimum atomic E-state index is -0.554. The van der Waals surface area contributed by atoms with E-state index in [2.05, 4.69) is 37.9 Å². The van der Waals surface area contributed by atoms with Crippen LogP contribution in [-0.2, 0) is 19.6 Å². The van der Waals surface area contributed by atoms with Crippen molar-refractivity contribution in [2.24, 2.45) is 17.8 Å². The van der Waals surface area contributed by atoms with Gasteiger partial charge in [0.05, 0.1) is 0 Å². The molecular weight excluding hydrogens is 366 g/mol. The molecule has 0 radical (unpaired) electrons. The molecule has 3 atom stereocenters. The van der Waals surface area contributed by atoms with Crippen LogP contribution in [0.25, 0.3) is 0 Å². The number of nitrogens with zero attached hydrogens (tertiary/aromatic N) is 3. The van der Waals surface area contributed by atoms with Crippen molar-refractivity contribution >= 4 is 37.9 Å². The van der Waals surface area contributed by atoms with Crippen LogP contribution in [0.1, 0.15) is 20.8 Å². The third-order valence-electron chi connectivity index (χ3n) is 3.80. The Balaban J connectivity index is 3.55. The van der Waals surface area contributed by atoms with Gasteiger partial charge in [-0.3, -0.25) is 0 Å². The molecule has 1 rings (SSSR count). The summed E-state index contributed by atoms with van der Waals surface area (Å²) in [5.41, 5.74) is -1.66. The first-order valence-electron chi connectivity index (χ1n) is 8.03. The summed E-state index contributed by atoms with van der Waals surface area (Å²) in [4.78, 5) is 38.0. The van der Waals surface area contributed by atoms with E-state index in [9.17, 15) is 14.4 Å². The summed E-state index contributed by atoms with van der Waals surface area (Å²) in [5.74, 6) is 1.77. The summed E-state index contributed by atoms with van der Waals surface area (Å²) in [6, 6.07) is 0. The summed E-state index contributed by atoms with van der Waals surface area (Å²) in [6.45, 7) is 6.45. The first-order valence-corrected chi connectivity index (χ1v) is 9.93. The highest BCUT2D eigenvalue weighted by atomic mass is 32.1. The van der Waals surface area contributed by atoms with Crippen LogP contribution in [-0.4, -0.2) is 31.0 Å². The Morgan fingerprint density at radius 1 is 0.625 bits per heavy atom. The zero-order valence-corrected chi connectivity index (χ0v) is 17.1. The van der Waals surface area contributed by atoms with Crippen LogP contribution < -0.4 is 17.1 Å². The van der Waals surface area contributed by atoms with Crippen molar-refractivity contribution in [3.8, 4) is 0 Å². The maximum atomic E-state index is 12.7. The molecule has 6 nitrogen and oxygen atoms in total. The van der Waals surface area contributed by atoms with E-state index < -0.39 is 17.1 Å². The molecule has 0 aliphatic heterocycles. The molecule has 0 amide bonds. The van der Waals surface area contributed by atoms with Gasteiger partial charge in [-0.15, -0.1) is 0 Å². The van der Waals surface area contributed by atoms with E-state index in [4.69, 9.17) is 0 Å². The van der Waals surface area contributed by atoms with E-state index in [1.165, 1.54) is 0 Å². The van der Waals surface area contributed by atoms with Gasteiger partial charge in [0.25, 0.3) is 0 Å². The van der Waals surface area contributed by atoms with Gasteiger partial charge in [0.1, 0.15) is 0 Å². The Morgan fingerprint density at radius 2 is 0.833 bits per heavy atom. The number of hydrogen-bond acceptors (Lipinski definition) is 6. The van der Waals surface area contributed by atoms with Crippen LogP contribution >= 0.6 is 37.9 Å². The van der Waals surface area contributed by atoms with Gasteiger partial charge in [-0.1, -0.05) is 20.8 Å². The molecule has 0 fully saturated rings. The van der Waals surface area contributed by atoms with Crippen LogP contribution in [0.2, 0.25) is 0 Å². The average molecular weight is 394 g/mol. The van der Waals surface area contributed by atoms with Crippen molar-refractivity contribution in [3.63, 3.8) is 0 Å². The Morgan fingerprint density at radius 3 is 1.00 bits per heavy atom. The number of hydrogen-bond donors (Lipinski definition) is 3. The van der Waals surface area contributed by atoms with E-state index in [0.717, 1.165) is 13.7 Å². The molecule has 0 aliphatic rings. The fourth-order valence-corrected chi connectivity index (χ4v) is 2.61. The van der Waals surface area contributed by atoms with Gasteiger partial charge < -0.3 is 0 Å². The highest BCUT2D eigenvalue weighted by Gasteiger charge is 2.19. The first-order chi connectivity index (χ1) is 11.3. The Kier molecular flexibility index (Phi) is 8.80. The van der Waals surface area contributed by atoms with Crippen LogP contribution in [0.4, 0.5) is 0 Å². The average Bonchev–Trinajstić information content (AvgIpc) is 2.58. The van der Waals surface area contributed by atoms with Gasteiger partial charge in [0, 0.05) is 19.6 Å². The molecule has 0 spiro atoms. The standard InChI is InChI=1S/C15H27N3O3S3/c1-10(7-22)4-16-13(19)17(5-11(2)8-23)15(21)18(14(16)20)6-12(3)9-24/h10-12,22-24H,4-9H2,1-3H3. The summed E-state index contributed by atoms with van der Waals surface area (Å²) < 4.78 is 3.45. The second-order valence-electron chi connectivity index (χ2n) is 6.54. The molecule has 1 aromatic rings. The molecule has 24 heavy (non-hydrogen) atoms.